The van der Waals surface area contributed by atoms with Crippen LogP contribution in [0.5, 0.6) is 0 Å². The van der Waals surface area contributed by atoms with Crippen LogP contribution in [0.1, 0.15) is 43.1 Å². The quantitative estimate of drug-likeness (QED) is 0.288. The second kappa shape index (κ2) is 10.8. The third kappa shape index (κ3) is 5.07. The highest BCUT2D eigenvalue weighted by Crippen LogP contribution is 2.39. The highest BCUT2D eigenvalue weighted by Gasteiger charge is 2.28. The van der Waals surface area contributed by atoms with Crippen molar-refractivity contribution in [2.24, 2.45) is 0 Å². The minimum atomic E-state index is -3.82. The molecule has 0 fully saturated rings. The molecule has 1 aliphatic rings. The Morgan fingerprint density at radius 1 is 0.921 bits per heavy atom. The zero-order valence-corrected chi connectivity index (χ0v) is 22.3. The van der Waals surface area contributed by atoms with E-state index in [9.17, 15) is 18.0 Å². The van der Waals surface area contributed by atoms with Crippen LogP contribution in [0.4, 0.5) is 10.7 Å². The molecule has 4 aromatic rings. The van der Waals surface area contributed by atoms with E-state index in [0.717, 1.165) is 35.3 Å². The summed E-state index contributed by atoms with van der Waals surface area (Å²) in [6.07, 6.45) is 2.67. The zero-order valence-electron chi connectivity index (χ0n) is 20.7. The topological polar surface area (TPSA) is 92.8 Å². The summed E-state index contributed by atoms with van der Waals surface area (Å²) in [5.74, 6) is -0.797. The van der Waals surface area contributed by atoms with Gasteiger partial charge in [-0.2, -0.15) is 0 Å². The van der Waals surface area contributed by atoms with E-state index in [1.54, 1.807) is 78.9 Å². The molecule has 1 N–H and O–H groups in total. The van der Waals surface area contributed by atoms with Gasteiger partial charge in [0.1, 0.15) is 5.00 Å². The summed E-state index contributed by atoms with van der Waals surface area (Å²) in [4.78, 5) is 26.7. The van der Waals surface area contributed by atoms with Gasteiger partial charge in [0.15, 0.2) is 0 Å². The number of para-hydroxylation sites is 1. The zero-order chi connectivity index (χ0) is 26.7. The van der Waals surface area contributed by atoms with Crippen molar-refractivity contribution in [3.8, 4) is 0 Å². The molecule has 1 amide bonds. The molecule has 0 spiro atoms. The standard InChI is InChI=1S/C29H26N2O5S2/c1-36-29(33)26-24-13-8-14-25(24)37-28(26)30-27(32)21-17-15-20(16-18-21)19-31(22-9-4-2-5-10-22)38(34,35)23-11-6-3-7-12-23/h2-7,9-12,15-18H,8,13-14,19H2,1H3,(H,30,32). The third-order valence-electron chi connectivity index (χ3n) is 6.46. The average Bonchev–Trinajstić information content (AvgIpc) is 3.53. The van der Waals surface area contributed by atoms with Gasteiger partial charge in [0.2, 0.25) is 0 Å². The Balaban J connectivity index is 1.38. The Kier molecular flexibility index (Phi) is 7.31. The first-order valence-electron chi connectivity index (χ1n) is 12.1. The first-order chi connectivity index (χ1) is 18.4. The molecule has 0 unspecified atom stereocenters. The molecule has 0 atom stereocenters. The van der Waals surface area contributed by atoms with E-state index in [-0.39, 0.29) is 17.3 Å². The lowest BCUT2D eigenvalue weighted by Crippen LogP contribution is -2.30. The van der Waals surface area contributed by atoms with E-state index in [1.807, 2.05) is 6.07 Å². The van der Waals surface area contributed by atoms with E-state index in [4.69, 9.17) is 4.74 Å². The van der Waals surface area contributed by atoms with E-state index in [0.29, 0.717) is 21.8 Å². The molecule has 3 aromatic carbocycles. The number of nitrogens with zero attached hydrogens (tertiary/aromatic N) is 1. The van der Waals surface area contributed by atoms with Crippen molar-refractivity contribution in [2.75, 3.05) is 16.7 Å². The van der Waals surface area contributed by atoms with Crippen LogP contribution in [0.3, 0.4) is 0 Å². The fourth-order valence-corrected chi connectivity index (χ4v) is 7.29. The molecule has 0 radical (unpaired) electrons. The van der Waals surface area contributed by atoms with Gasteiger partial charge in [-0.25, -0.2) is 13.2 Å². The van der Waals surface area contributed by atoms with Gasteiger partial charge in [-0.05, 0) is 66.8 Å². The second-order valence-electron chi connectivity index (χ2n) is 8.86. The van der Waals surface area contributed by atoms with E-state index >= 15 is 0 Å². The van der Waals surface area contributed by atoms with Crippen LogP contribution in [-0.4, -0.2) is 27.4 Å². The SMILES string of the molecule is COC(=O)c1c(NC(=O)c2ccc(CN(c3ccccc3)S(=O)(=O)c3ccccc3)cc2)sc2c1CCC2. The number of carbonyl (C=O) groups excluding carboxylic acids is 2. The Labute approximate surface area is 225 Å². The number of benzene rings is 3. The lowest BCUT2D eigenvalue weighted by molar-refractivity contribution is 0.0601. The number of sulfonamides is 1. The molecule has 1 aliphatic carbocycles. The summed E-state index contributed by atoms with van der Waals surface area (Å²) < 4.78 is 33.3. The van der Waals surface area contributed by atoms with Gasteiger partial charge < -0.3 is 10.1 Å². The van der Waals surface area contributed by atoms with Crippen LogP contribution in [-0.2, 0) is 34.1 Å². The first-order valence-corrected chi connectivity index (χ1v) is 14.4. The number of hydrogen-bond acceptors (Lipinski definition) is 6. The number of rotatable bonds is 8. The number of aryl methyl sites for hydroxylation is 1. The maximum absolute atomic E-state index is 13.5. The molecule has 1 heterocycles. The summed E-state index contributed by atoms with van der Waals surface area (Å²) in [5, 5.41) is 3.38. The highest BCUT2D eigenvalue weighted by molar-refractivity contribution is 7.92. The maximum atomic E-state index is 13.5. The number of nitrogens with one attached hydrogen (secondary N) is 1. The average molecular weight is 547 g/mol. The molecule has 1 aromatic heterocycles. The van der Waals surface area contributed by atoms with Crippen molar-refractivity contribution in [2.45, 2.75) is 30.7 Å². The van der Waals surface area contributed by atoms with Crippen molar-refractivity contribution in [1.82, 2.24) is 0 Å². The van der Waals surface area contributed by atoms with Gasteiger partial charge in [-0.15, -0.1) is 11.3 Å². The third-order valence-corrected chi connectivity index (χ3v) is 9.45. The molecule has 9 heteroatoms. The van der Waals surface area contributed by atoms with E-state index < -0.39 is 16.0 Å². The lowest BCUT2D eigenvalue weighted by atomic mass is 10.1. The largest absolute Gasteiger partial charge is 0.465 e. The van der Waals surface area contributed by atoms with Crippen molar-refractivity contribution < 1.29 is 22.7 Å². The predicted molar refractivity (Wildman–Crippen MR) is 148 cm³/mol. The monoisotopic (exact) mass is 546 g/mol. The number of ether oxygens (including phenoxy) is 1. The van der Waals surface area contributed by atoms with Crippen molar-refractivity contribution in [3.05, 3.63) is 112 Å². The summed E-state index contributed by atoms with van der Waals surface area (Å²) >= 11 is 1.42. The van der Waals surface area contributed by atoms with Crippen LogP contribution < -0.4 is 9.62 Å². The minimum Gasteiger partial charge on any atom is -0.465 e. The Morgan fingerprint density at radius 3 is 2.24 bits per heavy atom. The lowest BCUT2D eigenvalue weighted by Gasteiger charge is -2.25. The van der Waals surface area contributed by atoms with Crippen LogP contribution in [0.15, 0.2) is 89.8 Å². The Hall–Kier alpha value is -3.95. The van der Waals surface area contributed by atoms with Gasteiger partial charge in [0.25, 0.3) is 15.9 Å². The number of carbonyl (C=O) groups is 2. The number of esters is 1. The fraction of sp³-hybridized carbons (Fsp3) is 0.172. The van der Waals surface area contributed by atoms with E-state index in [2.05, 4.69) is 5.32 Å². The van der Waals surface area contributed by atoms with Crippen molar-refractivity contribution in [1.29, 1.82) is 0 Å². The minimum absolute atomic E-state index is 0.0905. The number of hydrogen-bond donors (Lipinski definition) is 1. The van der Waals surface area contributed by atoms with Crippen LogP contribution >= 0.6 is 11.3 Å². The summed E-state index contributed by atoms with van der Waals surface area (Å²) in [6, 6.07) is 24.0. The summed E-state index contributed by atoms with van der Waals surface area (Å²) in [6.45, 7) is 0.0905. The molecule has 0 saturated carbocycles. The van der Waals surface area contributed by atoms with Gasteiger partial charge in [-0.1, -0.05) is 48.5 Å². The molecule has 7 nitrogen and oxygen atoms in total. The fourth-order valence-electron chi connectivity index (χ4n) is 4.54. The van der Waals surface area contributed by atoms with Crippen molar-refractivity contribution in [3.63, 3.8) is 0 Å². The van der Waals surface area contributed by atoms with Gasteiger partial charge in [0, 0.05) is 10.4 Å². The van der Waals surface area contributed by atoms with Crippen molar-refractivity contribution >= 4 is 43.9 Å². The highest BCUT2D eigenvalue weighted by atomic mass is 32.2. The second-order valence-corrected chi connectivity index (χ2v) is 11.8. The molecule has 0 saturated heterocycles. The Bertz CT molecular complexity index is 1560. The molecule has 5 rings (SSSR count). The summed E-state index contributed by atoms with van der Waals surface area (Å²) in [5.41, 5.74) is 3.07. The van der Waals surface area contributed by atoms with Gasteiger partial charge >= 0.3 is 5.97 Å². The Morgan fingerprint density at radius 2 is 1.58 bits per heavy atom. The first kappa shape index (κ1) is 25.7. The number of methoxy groups -OCH3 is 1. The van der Waals surface area contributed by atoms with Crippen LogP contribution in [0.2, 0.25) is 0 Å². The number of fused-ring (bicyclic) bond motifs is 1. The molecule has 194 valence electrons. The number of anilines is 2. The maximum Gasteiger partial charge on any atom is 0.341 e. The molecule has 0 bridgehead atoms. The number of amides is 1. The summed E-state index contributed by atoms with van der Waals surface area (Å²) in [7, 11) is -2.49. The smallest absolute Gasteiger partial charge is 0.341 e. The molecular formula is C29H26N2O5S2. The molecule has 0 aliphatic heterocycles. The van der Waals surface area contributed by atoms with Crippen LogP contribution in [0, 0.1) is 0 Å². The van der Waals surface area contributed by atoms with Crippen LogP contribution in [0.25, 0.3) is 0 Å². The normalized spacial score (nSPS) is 12.6. The van der Waals surface area contributed by atoms with E-state index in [1.165, 1.54) is 22.8 Å². The molecular weight excluding hydrogens is 520 g/mol. The van der Waals surface area contributed by atoms with Gasteiger partial charge in [0.05, 0.1) is 29.8 Å². The molecule has 38 heavy (non-hydrogen) atoms. The number of thiophene rings is 1. The predicted octanol–water partition coefficient (Wildman–Crippen LogP) is 5.67. The van der Waals surface area contributed by atoms with Gasteiger partial charge in [-0.3, -0.25) is 9.10 Å².